The molecule has 1 amide bonds. The molecule has 1 atom stereocenters. The lowest BCUT2D eigenvalue weighted by Gasteiger charge is -2.32. The molecular weight excluding hydrogens is 402 g/mol. The van der Waals surface area contributed by atoms with Gasteiger partial charge in [-0.2, -0.15) is 5.10 Å². The molecule has 0 aliphatic carbocycles. The summed E-state index contributed by atoms with van der Waals surface area (Å²) in [6.07, 6.45) is 1.74. The second-order valence-electron chi connectivity index (χ2n) is 8.11. The van der Waals surface area contributed by atoms with Gasteiger partial charge in [0.2, 0.25) is 5.91 Å². The minimum Gasteiger partial charge on any atom is -0.315 e. The first-order valence-electron chi connectivity index (χ1n) is 10.7. The number of para-hydroxylation sites is 1. The number of benzene rings is 2. The Morgan fingerprint density at radius 2 is 1.88 bits per heavy atom. The van der Waals surface area contributed by atoms with Gasteiger partial charge in [0.05, 0.1) is 24.0 Å². The first-order chi connectivity index (χ1) is 15.6. The van der Waals surface area contributed by atoms with Crippen molar-refractivity contribution in [3.63, 3.8) is 0 Å². The molecule has 1 aliphatic heterocycles. The molecule has 0 saturated carbocycles. The van der Waals surface area contributed by atoms with E-state index in [1.165, 1.54) is 5.56 Å². The molecule has 3 heterocycles. The number of amides is 1. The molecule has 0 saturated heterocycles. The average Bonchev–Trinajstić information content (AvgIpc) is 3.45. The highest BCUT2D eigenvalue weighted by atomic mass is 16.2. The number of carbonyl (C=O) groups is 1. The SMILES string of the molecule is Cc1ccc(-c2cc(NC(=O)CN3CCn4cnnc4C3C)n(-c3ccccc3)n2)cc1. The molecule has 0 spiro atoms. The summed E-state index contributed by atoms with van der Waals surface area (Å²) in [7, 11) is 0. The van der Waals surface area contributed by atoms with Crippen LogP contribution in [0.1, 0.15) is 24.4 Å². The molecule has 8 nitrogen and oxygen atoms in total. The van der Waals surface area contributed by atoms with Gasteiger partial charge in [0.25, 0.3) is 0 Å². The Kier molecular flexibility index (Phi) is 5.28. The van der Waals surface area contributed by atoms with Gasteiger partial charge in [-0.1, -0.05) is 48.0 Å². The van der Waals surface area contributed by atoms with Crippen LogP contribution in [0.15, 0.2) is 67.0 Å². The summed E-state index contributed by atoms with van der Waals surface area (Å²) < 4.78 is 3.82. The number of anilines is 1. The monoisotopic (exact) mass is 427 g/mol. The number of carbonyl (C=O) groups excluding carboxylic acids is 1. The number of nitrogens with one attached hydrogen (secondary N) is 1. The van der Waals surface area contributed by atoms with Gasteiger partial charge in [0.15, 0.2) is 0 Å². The maximum atomic E-state index is 13.0. The molecule has 4 aromatic rings. The van der Waals surface area contributed by atoms with Crippen LogP contribution in [0, 0.1) is 6.92 Å². The van der Waals surface area contributed by atoms with E-state index in [1.54, 1.807) is 11.0 Å². The van der Waals surface area contributed by atoms with Crippen molar-refractivity contribution in [2.24, 2.45) is 0 Å². The fraction of sp³-hybridized carbons (Fsp3) is 0.250. The number of hydrogen-bond donors (Lipinski definition) is 1. The van der Waals surface area contributed by atoms with Gasteiger partial charge in [0.1, 0.15) is 18.0 Å². The third kappa shape index (κ3) is 3.92. The maximum absolute atomic E-state index is 13.0. The Morgan fingerprint density at radius 3 is 2.66 bits per heavy atom. The predicted molar refractivity (Wildman–Crippen MR) is 122 cm³/mol. The van der Waals surface area contributed by atoms with Crippen molar-refractivity contribution in [2.45, 2.75) is 26.4 Å². The van der Waals surface area contributed by atoms with E-state index in [0.29, 0.717) is 5.82 Å². The number of aromatic nitrogens is 5. The van der Waals surface area contributed by atoms with Crippen molar-refractivity contribution >= 4 is 11.7 Å². The van der Waals surface area contributed by atoms with Crippen molar-refractivity contribution in [1.82, 2.24) is 29.4 Å². The van der Waals surface area contributed by atoms with Crippen molar-refractivity contribution in [2.75, 3.05) is 18.4 Å². The number of fused-ring (bicyclic) bond motifs is 1. The van der Waals surface area contributed by atoms with E-state index in [4.69, 9.17) is 5.10 Å². The Hall–Kier alpha value is -3.78. The normalized spacial score (nSPS) is 16.0. The first-order valence-corrected chi connectivity index (χ1v) is 10.7. The van der Waals surface area contributed by atoms with Crippen molar-refractivity contribution < 1.29 is 4.79 Å². The fourth-order valence-corrected chi connectivity index (χ4v) is 4.04. The van der Waals surface area contributed by atoms with Crippen LogP contribution in [0.25, 0.3) is 16.9 Å². The summed E-state index contributed by atoms with van der Waals surface area (Å²) >= 11 is 0. The van der Waals surface area contributed by atoms with Crippen LogP contribution in [0.2, 0.25) is 0 Å². The Bertz CT molecular complexity index is 1230. The molecule has 2 aromatic carbocycles. The lowest BCUT2D eigenvalue weighted by molar-refractivity contribution is -0.118. The fourth-order valence-electron chi connectivity index (χ4n) is 4.04. The smallest absolute Gasteiger partial charge is 0.239 e. The van der Waals surface area contributed by atoms with E-state index in [9.17, 15) is 4.79 Å². The minimum absolute atomic E-state index is 0.0270. The zero-order valence-corrected chi connectivity index (χ0v) is 18.1. The average molecular weight is 428 g/mol. The summed E-state index contributed by atoms with van der Waals surface area (Å²) in [5.41, 5.74) is 3.89. The van der Waals surface area contributed by atoms with E-state index >= 15 is 0 Å². The summed E-state index contributed by atoms with van der Waals surface area (Å²) in [6, 6.07) is 20.0. The zero-order chi connectivity index (χ0) is 22.1. The molecule has 2 aromatic heterocycles. The molecule has 0 radical (unpaired) electrons. The van der Waals surface area contributed by atoms with E-state index in [-0.39, 0.29) is 18.5 Å². The molecule has 5 rings (SSSR count). The van der Waals surface area contributed by atoms with Crippen LogP contribution in [-0.2, 0) is 11.3 Å². The summed E-state index contributed by atoms with van der Waals surface area (Å²) in [6.45, 7) is 5.93. The topological polar surface area (TPSA) is 80.9 Å². The first kappa shape index (κ1) is 20.1. The largest absolute Gasteiger partial charge is 0.315 e. The van der Waals surface area contributed by atoms with E-state index < -0.39 is 0 Å². The molecule has 32 heavy (non-hydrogen) atoms. The molecule has 162 valence electrons. The van der Waals surface area contributed by atoms with Gasteiger partial charge in [-0.25, -0.2) is 4.68 Å². The van der Waals surface area contributed by atoms with Crippen LogP contribution in [0.4, 0.5) is 5.82 Å². The van der Waals surface area contributed by atoms with Gasteiger partial charge < -0.3 is 9.88 Å². The van der Waals surface area contributed by atoms with Gasteiger partial charge >= 0.3 is 0 Å². The molecule has 8 heteroatoms. The lowest BCUT2D eigenvalue weighted by atomic mass is 10.1. The number of hydrogen-bond acceptors (Lipinski definition) is 5. The Labute approximate surface area is 186 Å². The van der Waals surface area contributed by atoms with Gasteiger partial charge in [-0.3, -0.25) is 9.69 Å². The van der Waals surface area contributed by atoms with Crippen LogP contribution >= 0.6 is 0 Å². The van der Waals surface area contributed by atoms with Gasteiger partial charge in [0, 0.05) is 24.7 Å². The Balaban J connectivity index is 1.39. The molecule has 0 fully saturated rings. The number of aryl methyl sites for hydroxylation is 1. The van der Waals surface area contributed by atoms with E-state index in [2.05, 4.69) is 46.4 Å². The minimum atomic E-state index is -0.0858. The lowest BCUT2D eigenvalue weighted by Crippen LogP contribution is -2.41. The van der Waals surface area contributed by atoms with Gasteiger partial charge in [-0.05, 0) is 26.0 Å². The third-order valence-electron chi connectivity index (χ3n) is 5.87. The van der Waals surface area contributed by atoms with E-state index in [1.807, 2.05) is 53.1 Å². The highest BCUT2D eigenvalue weighted by Gasteiger charge is 2.27. The molecular formula is C24H25N7O. The van der Waals surface area contributed by atoms with Crippen LogP contribution in [-0.4, -0.2) is 48.4 Å². The predicted octanol–water partition coefficient (Wildman–Crippen LogP) is 3.45. The molecule has 1 N–H and O–H groups in total. The second-order valence-corrected chi connectivity index (χ2v) is 8.11. The standard InChI is InChI=1S/C24H25N7O/c1-17-8-10-19(11-9-17)21-14-22(31(28-21)20-6-4-3-5-7-20)26-23(32)15-29-12-13-30-16-25-27-24(30)18(29)2/h3-11,14,16,18H,12-13,15H2,1-2H3,(H,26,32). The Morgan fingerprint density at radius 1 is 1.09 bits per heavy atom. The molecule has 0 bridgehead atoms. The quantitative estimate of drug-likeness (QED) is 0.528. The van der Waals surface area contributed by atoms with Crippen LogP contribution in [0.3, 0.4) is 0 Å². The number of rotatable bonds is 5. The van der Waals surface area contributed by atoms with Gasteiger partial charge in [-0.15, -0.1) is 10.2 Å². The maximum Gasteiger partial charge on any atom is 0.239 e. The van der Waals surface area contributed by atoms with Crippen LogP contribution in [0.5, 0.6) is 0 Å². The van der Waals surface area contributed by atoms with E-state index in [0.717, 1.165) is 35.9 Å². The third-order valence-corrected chi connectivity index (χ3v) is 5.87. The highest BCUT2D eigenvalue weighted by molar-refractivity contribution is 5.92. The summed E-state index contributed by atoms with van der Waals surface area (Å²) in [5.74, 6) is 1.45. The van der Waals surface area contributed by atoms with Crippen molar-refractivity contribution in [3.8, 4) is 16.9 Å². The van der Waals surface area contributed by atoms with Crippen molar-refractivity contribution in [3.05, 3.63) is 78.4 Å². The summed E-state index contributed by atoms with van der Waals surface area (Å²) in [4.78, 5) is 15.1. The molecule has 1 aliphatic rings. The number of nitrogens with zero attached hydrogens (tertiary/aromatic N) is 6. The summed E-state index contributed by atoms with van der Waals surface area (Å²) in [5, 5.41) is 16.1. The van der Waals surface area contributed by atoms with Crippen molar-refractivity contribution in [1.29, 1.82) is 0 Å². The highest BCUT2D eigenvalue weighted by Crippen LogP contribution is 2.26. The zero-order valence-electron chi connectivity index (χ0n) is 18.1. The second kappa shape index (κ2) is 8.39. The molecule has 1 unspecified atom stereocenters. The van der Waals surface area contributed by atoms with Crippen LogP contribution < -0.4 is 5.32 Å².